The van der Waals surface area contributed by atoms with Crippen LogP contribution in [0, 0.1) is 11.6 Å². The molecule has 0 radical (unpaired) electrons. The number of nitrogens with one attached hydrogen (secondary N) is 1. The van der Waals surface area contributed by atoms with Crippen molar-refractivity contribution in [3.63, 3.8) is 0 Å². The normalized spacial score (nSPS) is 17.3. The summed E-state index contributed by atoms with van der Waals surface area (Å²) >= 11 is 3.17. The summed E-state index contributed by atoms with van der Waals surface area (Å²) in [6.07, 6.45) is 1.79. The maximum atomic E-state index is 13.2. The highest BCUT2D eigenvalue weighted by Gasteiger charge is 2.22. The van der Waals surface area contributed by atoms with Gasteiger partial charge in [-0.2, -0.15) is 0 Å². The van der Waals surface area contributed by atoms with Crippen molar-refractivity contribution in [3.8, 4) is 0 Å². The number of benzene rings is 2. The molecule has 0 bridgehead atoms. The molecule has 1 aliphatic carbocycles. The smallest absolute Gasteiger partial charge is 0.137 e. The highest BCUT2D eigenvalue weighted by atomic mass is 79.9. The van der Waals surface area contributed by atoms with Gasteiger partial charge in [0.15, 0.2) is 0 Å². The molecule has 0 fully saturated rings. The van der Waals surface area contributed by atoms with Crippen molar-refractivity contribution in [2.75, 3.05) is 5.32 Å². The molecule has 1 atom stereocenters. The quantitative estimate of drug-likeness (QED) is 0.834. The van der Waals surface area contributed by atoms with E-state index < -0.39 is 0 Å². The molecule has 0 aliphatic heterocycles. The van der Waals surface area contributed by atoms with Gasteiger partial charge in [0.2, 0.25) is 0 Å². The van der Waals surface area contributed by atoms with Gasteiger partial charge in [-0.15, -0.1) is 0 Å². The molecule has 1 N–H and O–H groups in total. The van der Waals surface area contributed by atoms with Crippen LogP contribution in [-0.4, -0.2) is 0 Å². The Morgan fingerprint density at radius 1 is 1.11 bits per heavy atom. The topological polar surface area (TPSA) is 12.0 Å². The van der Waals surface area contributed by atoms with E-state index in [1.165, 1.54) is 12.1 Å². The third-order valence-corrected chi connectivity index (χ3v) is 4.05. The minimum atomic E-state index is -0.278. The molecule has 98 valence electrons. The van der Waals surface area contributed by atoms with Gasteiger partial charge in [0.05, 0.1) is 10.5 Å². The molecule has 3 rings (SSSR count). The van der Waals surface area contributed by atoms with E-state index in [0.29, 0.717) is 4.47 Å². The van der Waals surface area contributed by atoms with Crippen molar-refractivity contribution < 1.29 is 8.78 Å². The first-order valence-electron chi connectivity index (χ1n) is 6.13. The fourth-order valence-electron chi connectivity index (χ4n) is 2.52. The fourth-order valence-corrected chi connectivity index (χ4v) is 2.90. The molecule has 0 saturated carbocycles. The zero-order chi connectivity index (χ0) is 13.4. The lowest BCUT2D eigenvalue weighted by atomic mass is 10.1. The third kappa shape index (κ3) is 2.50. The summed E-state index contributed by atoms with van der Waals surface area (Å²) in [7, 11) is 0. The van der Waals surface area contributed by atoms with Crippen molar-refractivity contribution in [2.24, 2.45) is 0 Å². The standard InChI is InChI=1S/C15H12BrF2N/c16-13-8-11(3-5-14(13)18)19-15-6-1-9-7-10(17)2-4-12(9)15/h2-5,7-8,15,19H,1,6H2. The van der Waals surface area contributed by atoms with Crippen LogP contribution in [0.2, 0.25) is 0 Å². The number of hydrogen-bond acceptors (Lipinski definition) is 1. The Hall–Kier alpha value is -1.42. The Labute approximate surface area is 118 Å². The average molecular weight is 324 g/mol. The van der Waals surface area contributed by atoms with E-state index in [2.05, 4.69) is 21.2 Å². The fraction of sp³-hybridized carbons (Fsp3) is 0.200. The zero-order valence-electron chi connectivity index (χ0n) is 10.1. The molecule has 4 heteroatoms. The van der Waals surface area contributed by atoms with Gasteiger partial charge in [0.1, 0.15) is 11.6 Å². The lowest BCUT2D eigenvalue weighted by Crippen LogP contribution is -2.07. The molecule has 0 amide bonds. The lowest BCUT2D eigenvalue weighted by Gasteiger charge is -2.16. The molecule has 1 nitrogen and oxygen atoms in total. The van der Waals surface area contributed by atoms with Crippen molar-refractivity contribution >= 4 is 21.6 Å². The van der Waals surface area contributed by atoms with E-state index in [0.717, 1.165) is 29.7 Å². The van der Waals surface area contributed by atoms with E-state index in [-0.39, 0.29) is 17.7 Å². The Balaban J connectivity index is 1.84. The van der Waals surface area contributed by atoms with Gasteiger partial charge < -0.3 is 5.32 Å². The van der Waals surface area contributed by atoms with E-state index in [1.807, 2.05) is 6.07 Å². The minimum absolute atomic E-state index is 0.160. The summed E-state index contributed by atoms with van der Waals surface area (Å²) < 4.78 is 26.8. The molecule has 1 unspecified atom stereocenters. The summed E-state index contributed by atoms with van der Waals surface area (Å²) in [5.41, 5.74) is 3.04. The maximum Gasteiger partial charge on any atom is 0.137 e. The zero-order valence-corrected chi connectivity index (χ0v) is 11.7. The highest BCUT2D eigenvalue weighted by Crippen LogP contribution is 2.34. The first kappa shape index (κ1) is 12.6. The molecule has 2 aromatic carbocycles. The van der Waals surface area contributed by atoms with Crippen molar-refractivity contribution in [1.29, 1.82) is 0 Å². The number of hydrogen-bond donors (Lipinski definition) is 1. The van der Waals surface area contributed by atoms with E-state index >= 15 is 0 Å². The van der Waals surface area contributed by atoms with Crippen molar-refractivity contribution in [3.05, 3.63) is 63.6 Å². The van der Waals surface area contributed by atoms with Gasteiger partial charge in [0, 0.05) is 5.69 Å². The lowest BCUT2D eigenvalue weighted by molar-refractivity contribution is 0.621. The van der Waals surface area contributed by atoms with Crippen molar-refractivity contribution in [1.82, 2.24) is 0 Å². The largest absolute Gasteiger partial charge is 0.378 e. The van der Waals surface area contributed by atoms with Crippen LogP contribution in [0.25, 0.3) is 0 Å². The van der Waals surface area contributed by atoms with E-state index in [4.69, 9.17) is 0 Å². The summed E-state index contributed by atoms with van der Waals surface area (Å²) in [4.78, 5) is 0. The van der Waals surface area contributed by atoms with Gasteiger partial charge in [0.25, 0.3) is 0 Å². The molecular formula is C15H12BrF2N. The molecule has 0 saturated heterocycles. The van der Waals surface area contributed by atoms with Crippen LogP contribution >= 0.6 is 15.9 Å². The molecular weight excluding hydrogens is 312 g/mol. The van der Waals surface area contributed by atoms with E-state index in [9.17, 15) is 8.78 Å². The van der Waals surface area contributed by atoms with Gasteiger partial charge in [-0.1, -0.05) is 6.07 Å². The van der Waals surface area contributed by atoms with Gasteiger partial charge in [-0.05, 0) is 70.2 Å². The van der Waals surface area contributed by atoms with Gasteiger partial charge in [-0.3, -0.25) is 0 Å². The predicted octanol–water partition coefficient (Wildman–Crippen LogP) is 4.83. The van der Waals surface area contributed by atoms with Crippen LogP contribution in [0.5, 0.6) is 0 Å². The van der Waals surface area contributed by atoms with Crippen LogP contribution in [0.15, 0.2) is 40.9 Å². The second-order valence-corrected chi connectivity index (χ2v) is 5.56. The SMILES string of the molecule is Fc1ccc2c(c1)CCC2Nc1ccc(F)c(Br)c1. The Morgan fingerprint density at radius 2 is 1.95 bits per heavy atom. The van der Waals surface area contributed by atoms with Crippen LogP contribution in [0.3, 0.4) is 0 Å². The van der Waals surface area contributed by atoms with Crippen LogP contribution < -0.4 is 5.32 Å². The summed E-state index contributed by atoms with van der Waals surface area (Å²) in [6, 6.07) is 9.92. The first-order chi connectivity index (χ1) is 9.13. The van der Waals surface area contributed by atoms with Crippen LogP contribution in [-0.2, 0) is 6.42 Å². The molecule has 1 aliphatic rings. The van der Waals surface area contributed by atoms with Gasteiger partial charge >= 0.3 is 0 Å². The molecule has 0 spiro atoms. The number of rotatable bonds is 2. The first-order valence-corrected chi connectivity index (χ1v) is 6.93. The van der Waals surface area contributed by atoms with Crippen LogP contribution in [0.1, 0.15) is 23.6 Å². The summed E-state index contributed by atoms with van der Waals surface area (Å²) in [6.45, 7) is 0. The highest BCUT2D eigenvalue weighted by molar-refractivity contribution is 9.10. The monoisotopic (exact) mass is 323 g/mol. The summed E-state index contributed by atoms with van der Waals surface area (Å²) in [5, 5.41) is 3.37. The number of aryl methyl sites for hydroxylation is 1. The van der Waals surface area contributed by atoms with Crippen LogP contribution in [0.4, 0.5) is 14.5 Å². The average Bonchev–Trinajstić information content (AvgIpc) is 2.76. The predicted molar refractivity (Wildman–Crippen MR) is 75.2 cm³/mol. The number of anilines is 1. The Morgan fingerprint density at radius 3 is 2.74 bits per heavy atom. The third-order valence-electron chi connectivity index (χ3n) is 3.44. The second kappa shape index (κ2) is 4.93. The van der Waals surface area contributed by atoms with E-state index in [1.54, 1.807) is 18.2 Å². The van der Waals surface area contributed by atoms with Gasteiger partial charge in [-0.25, -0.2) is 8.78 Å². The van der Waals surface area contributed by atoms with Crippen molar-refractivity contribution in [2.45, 2.75) is 18.9 Å². The molecule has 0 aromatic heterocycles. The Bertz CT molecular complexity index is 628. The minimum Gasteiger partial charge on any atom is -0.378 e. The second-order valence-electron chi connectivity index (χ2n) is 4.71. The summed E-state index contributed by atoms with van der Waals surface area (Å²) in [5.74, 6) is -0.469. The molecule has 2 aromatic rings. The number of halogens is 3. The maximum absolute atomic E-state index is 13.2. The number of fused-ring (bicyclic) bond motifs is 1. The Kier molecular flexibility index (Phi) is 3.27. The molecule has 19 heavy (non-hydrogen) atoms. The molecule has 0 heterocycles.